The Bertz CT molecular complexity index is 1100. The van der Waals surface area contributed by atoms with E-state index in [4.69, 9.17) is 0 Å². The number of anilines is 2. The third-order valence-corrected chi connectivity index (χ3v) is 6.49. The van der Waals surface area contributed by atoms with E-state index in [-0.39, 0.29) is 16.8 Å². The van der Waals surface area contributed by atoms with Crippen LogP contribution >= 0.6 is 11.8 Å². The third kappa shape index (κ3) is 4.49. The van der Waals surface area contributed by atoms with E-state index in [0.717, 1.165) is 11.3 Å². The zero-order valence-electron chi connectivity index (χ0n) is 17.3. The van der Waals surface area contributed by atoms with Crippen molar-refractivity contribution in [2.24, 2.45) is 0 Å². The first kappa shape index (κ1) is 21.1. The van der Waals surface area contributed by atoms with E-state index < -0.39 is 11.7 Å². The van der Waals surface area contributed by atoms with E-state index in [1.54, 1.807) is 36.0 Å². The Morgan fingerprint density at radius 3 is 2.35 bits per heavy atom. The summed E-state index contributed by atoms with van der Waals surface area (Å²) in [5.74, 6) is -0.132. The summed E-state index contributed by atoms with van der Waals surface area (Å²) < 4.78 is 13.8. The number of nitrogens with zero attached hydrogens (tertiary/aromatic N) is 1. The Morgan fingerprint density at radius 1 is 1.03 bits per heavy atom. The highest BCUT2D eigenvalue weighted by Gasteiger charge is 2.34. The molecule has 3 aromatic rings. The third-order valence-electron chi connectivity index (χ3n) is 5.28. The second kappa shape index (κ2) is 8.94. The lowest BCUT2D eigenvalue weighted by molar-refractivity contribution is -0.115. The average molecular weight is 435 g/mol. The number of carbonyl (C=O) groups is 2. The highest BCUT2D eigenvalue weighted by Crippen LogP contribution is 2.42. The average Bonchev–Trinajstić information content (AvgIpc) is 3.16. The Balaban J connectivity index is 1.51. The number of hydrogen-bond donors (Lipinski definition) is 1. The first-order valence-electron chi connectivity index (χ1n) is 10.1. The van der Waals surface area contributed by atoms with Crippen molar-refractivity contribution >= 4 is 35.0 Å². The van der Waals surface area contributed by atoms with Crippen LogP contribution in [0.15, 0.2) is 72.8 Å². The number of hydrogen-bond acceptors (Lipinski definition) is 3. The standard InChI is InChI=1S/C25H23FN2O2S/c1-16(2)17-9-13-20(14-10-17)28-23(29)15-31-25(28)18-7-11-19(12-8-18)27-24(30)21-5-3-4-6-22(21)26/h3-14,16,25H,15H2,1-2H3,(H,27,30)/t25-/m0/s1. The molecule has 1 aliphatic rings. The molecule has 6 heteroatoms. The molecular weight excluding hydrogens is 411 g/mol. The Kier molecular flexibility index (Phi) is 6.09. The van der Waals surface area contributed by atoms with Crippen LogP contribution in [-0.4, -0.2) is 17.6 Å². The van der Waals surface area contributed by atoms with E-state index >= 15 is 0 Å². The molecular formula is C25H23FN2O2S. The number of halogens is 1. The molecule has 0 aromatic heterocycles. The molecule has 1 aliphatic heterocycles. The monoisotopic (exact) mass is 434 g/mol. The van der Waals surface area contributed by atoms with Crippen molar-refractivity contribution in [3.05, 3.63) is 95.3 Å². The number of amides is 2. The van der Waals surface area contributed by atoms with Gasteiger partial charge in [0.25, 0.3) is 5.91 Å². The molecule has 1 N–H and O–H groups in total. The van der Waals surface area contributed by atoms with Gasteiger partial charge in [0.15, 0.2) is 0 Å². The molecule has 0 radical (unpaired) electrons. The molecule has 1 fully saturated rings. The van der Waals surface area contributed by atoms with Crippen molar-refractivity contribution in [1.82, 2.24) is 0 Å². The lowest BCUT2D eigenvalue weighted by atomic mass is 10.0. The van der Waals surface area contributed by atoms with Gasteiger partial charge in [0.2, 0.25) is 5.91 Å². The van der Waals surface area contributed by atoms with Crippen LogP contribution in [0.1, 0.15) is 46.6 Å². The van der Waals surface area contributed by atoms with E-state index in [1.807, 2.05) is 29.2 Å². The fourth-order valence-corrected chi connectivity index (χ4v) is 4.72. The van der Waals surface area contributed by atoms with Gasteiger partial charge in [-0.15, -0.1) is 11.8 Å². The molecule has 0 unspecified atom stereocenters. The number of benzene rings is 3. The molecule has 1 atom stereocenters. The van der Waals surface area contributed by atoms with Gasteiger partial charge in [0, 0.05) is 11.4 Å². The summed E-state index contributed by atoms with van der Waals surface area (Å²) in [6.45, 7) is 4.28. The van der Waals surface area contributed by atoms with Crippen LogP contribution in [0.2, 0.25) is 0 Å². The summed E-state index contributed by atoms with van der Waals surface area (Å²) in [5, 5.41) is 2.59. The minimum absolute atomic E-state index is 0.000425. The molecule has 4 rings (SSSR count). The van der Waals surface area contributed by atoms with E-state index in [9.17, 15) is 14.0 Å². The molecule has 4 nitrogen and oxygen atoms in total. The van der Waals surface area contributed by atoms with Gasteiger partial charge < -0.3 is 5.32 Å². The normalized spacial score (nSPS) is 16.1. The van der Waals surface area contributed by atoms with Gasteiger partial charge in [-0.1, -0.05) is 50.2 Å². The summed E-state index contributed by atoms with van der Waals surface area (Å²) in [5.41, 5.74) is 3.64. The molecule has 0 saturated carbocycles. The minimum Gasteiger partial charge on any atom is -0.322 e. The Labute approximate surface area is 185 Å². The van der Waals surface area contributed by atoms with Crippen molar-refractivity contribution in [2.75, 3.05) is 16.0 Å². The van der Waals surface area contributed by atoms with Crippen LogP contribution < -0.4 is 10.2 Å². The first-order chi connectivity index (χ1) is 14.9. The maximum atomic E-state index is 13.8. The molecule has 0 spiro atoms. The van der Waals surface area contributed by atoms with Crippen molar-refractivity contribution in [3.8, 4) is 0 Å². The van der Waals surface area contributed by atoms with Gasteiger partial charge >= 0.3 is 0 Å². The maximum absolute atomic E-state index is 13.8. The lowest BCUT2D eigenvalue weighted by Crippen LogP contribution is -2.27. The van der Waals surface area contributed by atoms with Crippen molar-refractivity contribution in [3.63, 3.8) is 0 Å². The second-order valence-corrected chi connectivity index (χ2v) is 8.80. The zero-order chi connectivity index (χ0) is 22.0. The van der Waals surface area contributed by atoms with Crippen LogP contribution in [0.5, 0.6) is 0 Å². The van der Waals surface area contributed by atoms with Crippen molar-refractivity contribution < 1.29 is 14.0 Å². The van der Waals surface area contributed by atoms with Crippen LogP contribution in [0.3, 0.4) is 0 Å². The van der Waals surface area contributed by atoms with Gasteiger partial charge in [0.05, 0.1) is 11.3 Å². The van der Waals surface area contributed by atoms with Crippen LogP contribution in [-0.2, 0) is 4.79 Å². The number of rotatable bonds is 5. The highest BCUT2D eigenvalue weighted by molar-refractivity contribution is 8.00. The molecule has 158 valence electrons. The van der Waals surface area contributed by atoms with Crippen LogP contribution in [0.25, 0.3) is 0 Å². The molecule has 1 saturated heterocycles. The summed E-state index contributed by atoms with van der Waals surface area (Å²) in [7, 11) is 0. The smallest absolute Gasteiger partial charge is 0.258 e. The van der Waals surface area contributed by atoms with Gasteiger partial charge in [-0.2, -0.15) is 0 Å². The summed E-state index contributed by atoms with van der Waals surface area (Å²) in [6.07, 6.45) is 0. The van der Waals surface area contributed by atoms with Crippen molar-refractivity contribution in [2.45, 2.75) is 25.1 Å². The zero-order valence-corrected chi connectivity index (χ0v) is 18.2. The lowest BCUT2D eigenvalue weighted by Gasteiger charge is -2.25. The Hall–Kier alpha value is -3.12. The van der Waals surface area contributed by atoms with Gasteiger partial charge in [-0.05, 0) is 53.4 Å². The number of nitrogens with one attached hydrogen (secondary N) is 1. The van der Waals surface area contributed by atoms with E-state index in [0.29, 0.717) is 17.4 Å². The predicted molar refractivity (Wildman–Crippen MR) is 124 cm³/mol. The van der Waals surface area contributed by atoms with Gasteiger partial charge in [-0.25, -0.2) is 4.39 Å². The summed E-state index contributed by atoms with van der Waals surface area (Å²) in [6, 6.07) is 21.3. The first-order valence-corrected chi connectivity index (χ1v) is 11.2. The summed E-state index contributed by atoms with van der Waals surface area (Å²) >= 11 is 1.58. The fourth-order valence-electron chi connectivity index (χ4n) is 3.54. The topological polar surface area (TPSA) is 49.4 Å². The molecule has 2 amide bonds. The Morgan fingerprint density at radius 2 is 1.71 bits per heavy atom. The summed E-state index contributed by atoms with van der Waals surface area (Å²) in [4.78, 5) is 26.7. The fraction of sp³-hybridized carbons (Fsp3) is 0.200. The van der Waals surface area contributed by atoms with Gasteiger partial charge in [-0.3, -0.25) is 14.5 Å². The van der Waals surface area contributed by atoms with Crippen molar-refractivity contribution in [1.29, 1.82) is 0 Å². The highest BCUT2D eigenvalue weighted by atomic mass is 32.2. The number of carbonyl (C=O) groups excluding carboxylic acids is 2. The van der Waals surface area contributed by atoms with Crippen LogP contribution in [0.4, 0.5) is 15.8 Å². The quantitative estimate of drug-likeness (QED) is 0.537. The van der Waals surface area contributed by atoms with E-state index in [1.165, 1.54) is 17.7 Å². The van der Waals surface area contributed by atoms with Gasteiger partial charge in [0.1, 0.15) is 11.2 Å². The van der Waals surface area contributed by atoms with E-state index in [2.05, 4.69) is 31.3 Å². The molecule has 0 aliphatic carbocycles. The molecule has 31 heavy (non-hydrogen) atoms. The second-order valence-electron chi connectivity index (χ2n) is 7.73. The molecule has 3 aromatic carbocycles. The molecule has 0 bridgehead atoms. The minimum atomic E-state index is -0.559. The van der Waals surface area contributed by atoms with Crippen LogP contribution in [0, 0.1) is 5.82 Å². The SMILES string of the molecule is CC(C)c1ccc(N2C(=O)CS[C@H]2c2ccc(NC(=O)c3ccccc3F)cc2)cc1. The predicted octanol–water partition coefficient (Wildman–Crippen LogP) is 5.98. The largest absolute Gasteiger partial charge is 0.322 e. The maximum Gasteiger partial charge on any atom is 0.258 e. The number of thioether (sulfide) groups is 1. The molecule has 1 heterocycles.